The van der Waals surface area contributed by atoms with Crippen LogP contribution in [-0.4, -0.2) is 55.3 Å². The van der Waals surface area contributed by atoms with Crippen molar-refractivity contribution in [3.05, 3.63) is 10.6 Å². The Bertz CT molecular complexity index is 428. The number of aromatic carboxylic acids is 1. The zero-order valence-electron chi connectivity index (χ0n) is 10.9. The molecule has 1 heterocycles. The largest absolute Gasteiger partial charge is 0.476 e. The molecule has 0 aliphatic carbocycles. The van der Waals surface area contributed by atoms with Crippen LogP contribution in [0.5, 0.6) is 0 Å². The first-order valence-electron chi connectivity index (χ1n) is 5.50. The number of Topliss-reactive ketones (excluding diaryl/α,β-unsaturated/α-hetero) is 1. The number of ether oxygens (including phenoxy) is 2. The first-order chi connectivity index (χ1) is 8.99. The van der Waals surface area contributed by atoms with Crippen LogP contribution in [0.3, 0.4) is 0 Å². The molecule has 106 valence electrons. The maximum Gasteiger partial charge on any atom is 0.356 e. The first kappa shape index (κ1) is 15.5. The molecule has 0 aliphatic heterocycles. The van der Waals surface area contributed by atoms with Gasteiger partial charge < -0.3 is 19.9 Å². The van der Waals surface area contributed by atoms with Gasteiger partial charge in [-0.3, -0.25) is 4.79 Å². The van der Waals surface area contributed by atoms with Crippen molar-refractivity contribution in [2.75, 3.05) is 32.7 Å². The molecular formula is C11H16N2O5S. The Morgan fingerprint density at radius 1 is 1.47 bits per heavy atom. The van der Waals surface area contributed by atoms with E-state index in [1.165, 1.54) is 6.92 Å². The summed E-state index contributed by atoms with van der Waals surface area (Å²) in [6, 6.07) is 0. The van der Waals surface area contributed by atoms with Crippen LogP contribution in [0.1, 0.15) is 27.1 Å². The minimum Gasteiger partial charge on any atom is -0.476 e. The van der Waals surface area contributed by atoms with Crippen molar-refractivity contribution >= 4 is 28.2 Å². The molecule has 7 nitrogen and oxygen atoms in total. The molecule has 0 aliphatic rings. The molecule has 0 aromatic carbocycles. The molecule has 0 fully saturated rings. The molecule has 1 atom stereocenters. The van der Waals surface area contributed by atoms with Crippen LogP contribution in [-0.2, 0) is 9.47 Å². The Labute approximate surface area is 114 Å². The smallest absolute Gasteiger partial charge is 0.356 e. The second kappa shape index (κ2) is 7.17. The molecule has 1 aromatic rings. The normalized spacial score (nSPS) is 12.2. The van der Waals surface area contributed by atoms with Crippen LogP contribution < -0.4 is 5.32 Å². The van der Waals surface area contributed by atoms with Gasteiger partial charge in [0.1, 0.15) is 4.88 Å². The molecule has 8 heteroatoms. The predicted molar refractivity (Wildman–Crippen MR) is 70.2 cm³/mol. The van der Waals surface area contributed by atoms with Gasteiger partial charge in [-0.05, 0) is 0 Å². The summed E-state index contributed by atoms with van der Waals surface area (Å²) in [4.78, 5) is 26.3. The molecule has 1 aromatic heterocycles. The van der Waals surface area contributed by atoms with Gasteiger partial charge in [0.15, 0.2) is 16.6 Å². The van der Waals surface area contributed by atoms with E-state index in [0.717, 1.165) is 11.3 Å². The molecule has 0 amide bonds. The number of methoxy groups -OCH3 is 2. The molecule has 0 bridgehead atoms. The number of rotatable bonds is 8. The summed E-state index contributed by atoms with van der Waals surface area (Å²) in [7, 11) is 3.11. The molecule has 0 saturated heterocycles. The van der Waals surface area contributed by atoms with Gasteiger partial charge in [0.25, 0.3) is 0 Å². The van der Waals surface area contributed by atoms with E-state index in [2.05, 4.69) is 10.3 Å². The minimum absolute atomic E-state index is 0.135. The average Bonchev–Trinajstić information content (AvgIpc) is 2.79. The number of anilines is 1. The van der Waals surface area contributed by atoms with E-state index < -0.39 is 5.97 Å². The van der Waals surface area contributed by atoms with Crippen molar-refractivity contribution in [2.24, 2.45) is 0 Å². The Balaban J connectivity index is 2.77. The molecular weight excluding hydrogens is 272 g/mol. The number of aromatic nitrogens is 1. The van der Waals surface area contributed by atoms with E-state index in [4.69, 9.17) is 14.6 Å². The summed E-state index contributed by atoms with van der Waals surface area (Å²) >= 11 is 1.02. The maximum absolute atomic E-state index is 11.3. The van der Waals surface area contributed by atoms with Gasteiger partial charge in [-0.1, -0.05) is 11.3 Å². The summed E-state index contributed by atoms with van der Waals surface area (Å²) in [5.41, 5.74) is -0.222. The highest BCUT2D eigenvalue weighted by Crippen LogP contribution is 2.23. The Kier molecular flexibility index (Phi) is 5.87. The van der Waals surface area contributed by atoms with Crippen LogP contribution in [0.2, 0.25) is 0 Å². The van der Waals surface area contributed by atoms with Gasteiger partial charge in [0.05, 0.1) is 12.7 Å². The zero-order valence-corrected chi connectivity index (χ0v) is 11.7. The minimum atomic E-state index is -1.21. The molecule has 0 saturated carbocycles. The summed E-state index contributed by atoms with van der Waals surface area (Å²) in [5.74, 6) is -1.53. The number of carbonyl (C=O) groups is 2. The molecule has 2 N–H and O–H groups in total. The van der Waals surface area contributed by atoms with Crippen LogP contribution in [0, 0.1) is 0 Å². The highest BCUT2D eigenvalue weighted by Gasteiger charge is 2.20. The van der Waals surface area contributed by atoms with Crippen molar-refractivity contribution in [3.63, 3.8) is 0 Å². The third-order valence-corrected chi connectivity index (χ3v) is 3.43. The first-order valence-corrected chi connectivity index (χ1v) is 6.31. The number of hydrogen-bond acceptors (Lipinski definition) is 7. The second-order valence-corrected chi connectivity index (χ2v) is 4.75. The van der Waals surface area contributed by atoms with Crippen LogP contribution in [0.4, 0.5) is 5.13 Å². The van der Waals surface area contributed by atoms with Gasteiger partial charge in [-0.25, -0.2) is 9.78 Å². The van der Waals surface area contributed by atoms with E-state index in [1.807, 2.05) is 0 Å². The van der Waals surface area contributed by atoms with Gasteiger partial charge in [0.2, 0.25) is 0 Å². The van der Waals surface area contributed by atoms with E-state index in [-0.39, 0.29) is 22.5 Å². The second-order valence-electron chi connectivity index (χ2n) is 3.75. The van der Waals surface area contributed by atoms with Crippen molar-refractivity contribution in [2.45, 2.75) is 13.0 Å². The summed E-state index contributed by atoms with van der Waals surface area (Å²) in [6.45, 7) is 2.13. The topological polar surface area (TPSA) is 97.8 Å². The lowest BCUT2D eigenvalue weighted by molar-refractivity contribution is 0.0365. The number of ketones is 1. The Morgan fingerprint density at radius 2 is 2.16 bits per heavy atom. The summed E-state index contributed by atoms with van der Waals surface area (Å²) in [5, 5.41) is 12.3. The number of carboxylic acid groups (broad SMARTS) is 1. The number of thiazole rings is 1. The molecule has 1 unspecified atom stereocenters. The molecule has 1 rings (SSSR count). The number of carbonyl (C=O) groups excluding carboxylic acids is 1. The third kappa shape index (κ3) is 4.27. The molecule has 0 radical (unpaired) electrons. The lowest BCUT2D eigenvalue weighted by Crippen LogP contribution is -2.26. The maximum atomic E-state index is 11.3. The van der Waals surface area contributed by atoms with Crippen molar-refractivity contribution in [1.82, 2.24) is 4.98 Å². The van der Waals surface area contributed by atoms with E-state index in [1.54, 1.807) is 14.2 Å². The number of nitrogens with zero attached hydrogens (tertiary/aromatic N) is 1. The summed E-state index contributed by atoms with van der Waals surface area (Å²) < 4.78 is 10.1. The van der Waals surface area contributed by atoms with E-state index in [9.17, 15) is 9.59 Å². The SMILES string of the molecule is COCC(CNc1nc(C(=O)O)c(C(C)=O)s1)OC. The fourth-order valence-electron chi connectivity index (χ4n) is 1.38. The highest BCUT2D eigenvalue weighted by atomic mass is 32.1. The molecule has 19 heavy (non-hydrogen) atoms. The van der Waals surface area contributed by atoms with Crippen molar-refractivity contribution in [3.8, 4) is 0 Å². The summed E-state index contributed by atoms with van der Waals surface area (Å²) in [6.07, 6.45) is -0.178. The highest BCUT2D eigenvalue weighted by molar-refractivity contribution is 7.17. The Hall–Kier alpha value is -1.51. The van der Waals surface area contributed by atoms with Crippen molar-refractivity contribution in [1.29, 1.82) is 0 Å². The zero-order chi connectivity index (χ0) is 14.4. The fraction of sp³-hybridized carbons (Fsp3) is 0.545. The van der Waals surface area contributed by atoms with E-state index in [0.29, 0.717) is 18.3 Å². The quantitative estimate of drug-likeness (QED) is 0.691. The monoisotopic (exact) mass is 288 g/mol. The van der Waals surface area contributed by atoms with Crippen molar-refractivity contribution < 1.29 is 24.2 Å². The lowest BCUT2D eigenvalue weighted by atomic mass is 10.3. The molecule has 0 spiro atoms. The number of hydrogen-bond donors (Lipinski definition) is 2. The predicted octanol–water partition coefficient (Wildman–Crippen LogP) is 1.12. The van der Waals surface area contributed by atoms with Crippen LogP contribution in [0.25, 0.3) is 0 Å². The van der Waals surface area contributed by atoms with Gasteiger partial charge >= 0.3 is 5.97 Å². The number of carboxylic acids is 1. The standard InChI is InChI=1S/C11H16N2O5S/c1-6(14)9-8(10(15)16)13-11(19-9)12-4-7(18-3)5-17-2/h7H,4-5H2,1-3H3,(H,12,13)(H,15,16). The average molecular weight is 288 g/mol. The van der Waals surface area contributed by atoms with Gasteiger partial charge in [-0.15, -0.1) is 0 Å². The van der Waals surface area contributed by atoms with E-state index >= 15 is 0 Å². The fourth-order valence-corrected chi connectivity index (χ4v) is 2.24. The Morgan fingerprint density at radius 3 is 2.58 bits per heavy atom. The van der Waals surface area contributed by atoms with Gasteiger partial charge in [0, 0.05) is 27.7 Å². The lowest BCUT2D eigenvalue weighted by Gasteiger charge is -2.14. The van der Waals surface area contributed by atoms with Crippen LogP contribution in [0.15, 0.2) is 0 Å². The van der Waals surface area contributed by atoms with Gasteiger partial charge in [-0.2, -0.15) is 0 Å². The number of nitrogens with one attached hydrogen (secondary N) is 1. The van der Waals surface area contributed by atoms with Crippen LogP contribution >= 0.6 is 11.3 Å². The third-order valence-electron chi connectivity index (χ3n) is 2.32.